The molecule has 1 aromatic carbocycles. The molecule has 0 aliphatic heterocycles. The maximum absolute atomic E-state index is 11.6. The second kappa shape index (κ2) is 4.61. The smallest absolute Gasteiger partial charge is 0.341 e. The van der Waals surface area contributed by atoms with Gasteiger partial charge in [-0.05, 0) is 53.5 Å². The Bertz CT molecular complexity index is 425. The van der Waals surface area contributed by atoms with Gasteiger partial charge in [0.1, 0.15) is 11.3 Å². The lowest BCUT2D eigenvalue weighted by Crippen LogP contribution is -2.07. The number of hydrogen-bond acceptors (Lipinski definition) is 3. The van der Waals surface area contributed by atoms with Gasteiger partial charge in [0, 0.05) is 9.13 Å². The molecule has 0 saturated heterocycles. The van der Waals surface area contributed by atoms with Crippen LogP contribution in [0.2, 0.25) is 0 Å². The Morgan fingerprint density at radius 1 is 1.38 bits per heavy atom. The molecule has 1 aromatic rings. The summed E-state index contributed by atoms with van der Waals surface area (Å²) in [6.07, 6.45) is 2.36. The van der Waals surface area contributed by atoms with E-state index in [2.05, 4.69) is 22.6 Å². The van der Waals surface area contributed by atoms with Crippen LogP contribution in [0, 0.1) is 3.57 Å². The SMILES string of the molecule is COC(=O)c1ccc(I)c(C2CC2)c1OC. The van der Waals surface area contributed by atoms with Crippen molar-refractivity contribution in [3.8, 4) is 5.75 Å². The first kappa shape index (κ1) is 11.7. The average molecular weight is 332 g/mol. The van der Waals surface area contributed by atoms with Gasteiger partial charge in [-0.25, -0.2) is 4.79 Å². The number of halogens is 1. The summed E-state index contributed by atoms with van der Waals surface area (Å²) in [6, 6.07) is 3.71. The van der Waals surface area contributed by atoms with E-state index in [0.717, 1.165) is 9.13 Å². The van der Waals surface area contributed by atoms with Gasteiger partial charge < -0.3 is 9.47 Å². The van der Waals surface area contributed by atoms with E-state index < -0.39 is 0 Å². The molecule has 1 aliphatic rings. The van der Waals surface area contributed by atoms with Gasteiger partial charge in [0.2, 0.25) is 0 Å². The summed E-state index contributed by atoms with van der Waals surface area (Å²) in [6.45, 7) is 0. The van der Waals surface area contributed by atoms with Crippen LogP contribution in [0.25, 0.3) is 0 Å². The fourth-order valence-electron chi connectivity index (χ4n) is 1.82. The Morgan fingerprint density at radius 3 is 2.56 bits per heavy atom. The number of benzene rings is 1. The summed E-state index contributed by atoms with van der Waals surface area (Å²) < 4.78 is 11.3. The zero-order chi connectivity index (χ0) is 11.7. The lowest BCUT2D eigenvalue weighted by atomic mass is 10.0. The summed E-state index contributed by atoms with van der Waals surface area (Å²) in [4.78, 5) is 11.6. The molecule has 0 N–H and O–H groups in total. The van der Waals surface area contributed by atoms with Crippen molar-refractivity contribution in [1.29, 1.82) is 0 Å². The van der Waals surface area contributed by atoms with Crippen molar-refractivity contribution >= 4 is 28.6 Å². The molecule has 0 amide bonds. The minimum absolute atomic E-state index is 0.338. The standard InChI is InChI=1S/C12H13IO3/c1-15-11-8(12(14)16-2)5-6-9(13)10(11)7-3-4-7/h5-7H,3-4H2,1-2H3. The highest BCUT2D eigenvalue weighted by molar-refractivity contribution is 14.1. The molecule has 0 radical (unpaired) electrons. The van der Waals surface area contributed by atoms with Gasteiger partial charge in [-0.15, -0.1) is 0 Å². The van der Waals surface area contributed by atoms with Crippen LogP contribution in [0.4, 0.5) is 0 Å². The van der Waals surface area contributed by atoms with E-state index in [9.17, 15) is 4.79 Å². The van der Waals surface area contributed by atoms with E-state index >= 15 is 0 Å². The molecule has 86 valence electrons. The van der Waals surface area contributed by atoms with Crippen LogP contribution in [-0.2, 0) is 4.74 Å². The minimum Gasteiger partial charge on any atom is -0.496 e. The summed E-state index contributed by atoms with van der Waals surface area (Å²) in [5, 5.41) is 0. The third-order valence-electron chi connectivity index (χ3n) is 2.74. The quantitative estimate of drug-likeness (QED) is 0.631. The summed E-state index contributed by atoms with van der Waals surface area (Å²) >= 11 is 2.28. The Morgan fingerprint density at radius 2 is 2.06 bits per heavy atom. The maximum atomic E-state index is 11.6. The van der Waals surface area contributed by atoms with Crippen LogP contribution in [0.5, 0.6) is 5.75 Å². The zero-order valence-corrected chi connectivity index (χ0v) is 11.4. The minimum atomic E-state index is -0.338. The topological polar surface area (TPSA) is 35.5 Å². The van der Waals surface area contributed by atoms with Gasteiger partial charge in [-0.2, -0.15) is 0 Å². The average Bonchev–Trinajstić information content (AvgIpc) is 3.11. The number of rotatable bonds is 3. The molecule has 1 fully saturated rings. The number of carbonyl (C=O) groups excluding carboxylic acids is 1. The van der Waals surface area contributed by atoms with Crippen LogP contribution >= 0.6 is 22.6 Å². The molecule has 0 aromatic heterocycles. The highest BCUT2D eigenvalue weighted by Crippen LogP contribution is 2.47. The summed E-state index contributed by atoms with van der Waals surface area (Å²) in [5.41, 5.74) is 1.68. The maximum Gasteiger partial charge on any atom is 0.341 e. The van der Waals surface area contributed by atoms with Crippen LogP contribution in [0.15, 0.2) is 12.1 Å². The first-order valence-electron chi connectivity index (χ1n) is 5.13. The van der Waals surface area contributed by atoms with Gasteiger partial charge in [0.25, 0.3) is 0 Å². The van der Waals surface area contributed by atoms with Crippen molar-refractivity contribution in [2.45, 2.75) is 18.8 Å². The van der Waals surface area contributed by atoms with Crippen molar-refractivity contribution in [3.05, 3.63) is 26.8 Å². The zero-order valence-electron chi connectivity index (χ0n) is 9.25. The van der Waals surface area contributed by atoms with Gasteiger partial charge >= 0.3 is 5.97 Å². The van der Waals surface area contributed by atoms with Gasteiger partial charge in [0.15, 0.2) is 0 Å². The van der Waals surface area contributed by atoms with E-state index in [4.69, 9.17) is 9.47 Å². The second-order valence-electron chi connectivity index (χ2n) is 3.81. The molecule has 0 unspecified atom stereocenters. The molecule has 0 bridgehead atoms. The first-order chi connectivity index (χ1) is 7.69. The summed E-state index contributed by atoms with van der Waals surface area (Å²) in [5.74, 6) is 0.892. The number of hydrogen-bond donors (Lipinski definition) is 0. The number of methoxy groups -OCH3 is 2. The molecule has 0 atom stereocenters. The molecular weight excluding hydrogens is 319 g/mol. The van der Waals surface area contributed by atoms with Crippen molar-refractivity contribution in [1.82, 2.24) is 0 Å². The molecule has 0 spiro atoms. The highest BCUT2D eigenvalue weighted by Gasteiger charge is 2.31. The van der Waals surface area contributed by atoms with Crippen LogP contribution in [-0.4, -0.2) is 20.2 Å². The van der Waals surface area contributed by atoms with Crippen molar-refractivity contribution in [3.63, 3.8) is 0 Å². The van der Waals surface area contributed by atoms with Gasteiger partial charge in [-0.1, -0.05) is 0 Å². The number of esters is 1. The normalized spacial score (nSPS) is 14.7. The predicted molar refractivity (Wildman–Crippen MR) is 69.0 cm³/mol. The molecule has 3 nitrogen and oxygen atoms in total. The molecule has 1 aliphatic carbocycles. The molecule has 4 heteroatoms. The third-order valence-corrected chi connectivity index (χ3v) is 3.68. The molecule has 0 heterocycles. The largest absolute Gasteiger partial charge is 0.496 e. The Labute approximate surface area is 108 Å². The van der Waals surface area contributed by atoms with Crippen molar-refractivity contribution in [2.24, 2.45) is 0 Å². The monoisotopic (exact) mass is 332 g/mol. The number of ether oxygens (including phenoxy) is 2. The molecular formula is C12H13IO3. The van der Waals surface area contributed by atoms with E-state index in [1.807, 2.05) is 6.07 Å². The Hall–Kier alpha value is -0.780. The van der Waals surface area contributed by atoms with Crippen molar-refractivity contribution in [2.75, 3.05) is 14.2 Å². The second-order valence-corrected chi connectivity index (χ2v) is 4.97. The summed E-state index contributed by atoms with van der Waals surface area (Å²) in [7, 11) is 2.99. The molecule has 2 rings (SSSR count). The van der Waals surface area contributed by atoms with E-state index in [1.165, 1.54) is 20.0 Å². The molecule has 1 saturated carbocycles. The van der Waals surface area contributed by atoms with E-state index in [1.54, 1.807) is 13.2 Å². The van der Waals surface area contributed by atoms with Crippen molar-refractivity contribution < 1.29 is 14.3 Å². The van der Waals surface area contributed by atoms with E-state index in [-0.39, 0.29) is 5.97 Å². The Balaban J connectivity index is 2.53. The number of carbonyl (C=O) groups is 1. The van der Waals surface area contributed by atoms with Crippen LogP contribution < -0.4 is 4.74 Å². The molecule has 16 heavy (non-hydrogen) atoms. The highest BCUT2D eigenvalue weighted by atomic mass is 127. The lowest BCUT2D eigenvalue weighted by molar-refractivity contribution is 0.0597. The van der Waals surface area contributed by atoms with Crippen LogP contribution in [0.3, 0.4) is 0 Å². The van der Waals surface area contributed by atoms with Gasteiger partial charge in [0.05, 0.1) is 14.2 Å². The van der Waals surface area contributed by atoms with Gasteiger partial charge in [-0.3, -0.25) is 0 Å². The fraction of sp³-hybridized carbons (Fsp3) is 0.417. The van der Waals surface area contributed by atoms with Crippen LogP contribution in [0.1, 0.15) is 34.7 Å². The Kier molecular flexibility index (Phi) is 3.37. The third kappa shape index (κ3) is 2.03. The predicted octanol–water partition coefficient (Wildman–Crippen LogP) is 2.96. The lowest BCUT2D eigenvalue weighted by Gasteiger charge is -2.13. The first-order valence-corrected chi connectivity index (χ1v) is 6.21. The fourth-order valence-corrected chi connectivity index (χ4v) is 2.68. The van der Waals surface area contributed by atoms with E-state index in [0.29, 0.717) is 17.2 Å².